The van der Waals surface area contributed by atoms with Crippen molar-refractivity contribution in [3.8, 4) is 0 Å². The Morgan fingerprint density at radius 3 is 2.65 bits per heavy atom. The molecule has 20 heavy (non-hydrogen) atoms. The Hall–Kier alpha value is -0.470. The lowest BCUT2D eigenvalue weighted by atomic mass is 10.3. The van der Waals surface area contributed by atoms with Crippen LogP contribution in [0.15, 0.2) is 39.7 Å². The number of nitrogens with one attached hydrogen (secondary N) is 1. The molecule has 0 unspecified atom stereocenters. The van der Waals surface area contributed by atoms with Crippen LogP contribution in [-0.4, -0.2) is 15.0 Å². The molecular formula is C12H10BrClFNO2S2. The van der Waals surface area contributed by atoms with Crippen LogP contribution < -0.4 is 4.72 Å². The van der Waals surface area contributed by atoms with Crippen molar-refractivity contribution >= 4 is 48.9 Å². The largest absolute Gasteiger partial charge is 0.240 e. The monoisotopic (exact) mass is 397 g/mol. The molecule has 2 rings (SSSR count). The van der Waals surface area contributed by atoms with E-state index in [9.17, 15) is 12.8 Å². The number of halogens is 3. The van der Waals surface area contributed by atoms with Gasteiger partial charge in [0.25, 0.3) is 0 Å². The zero-order valence-electron chi connectivity index (χ0n) is 10.1. The van der Waals surface area contributed by atoms with Gasteiger partial charge < -0.3 is 0 Å². The van der Waals surface area contributed by atoms with Crippen LogP contribution in [0.1, 0.15) is 4.88 Å². The number of sulfonamides is 1. The van der Waals surface area contributed by atoms with Crippen LogP contribution in [0.4, 0.5) is 4.39 Å². The maximum atomic E-state index is 13.3. The minimum atomic E-state index is -3.70. The summed E-state index contributed by atoms with van der Waals surface area (Å²) in [4.78, 5) is 0.891. The highest BCUT2D eigenvalue weighted by Crippen LogP contribution is 2.22. The number of rotatable bonds is 5. The van der Waals surface area contributed by atoms with E-state index in [1.54, 1.807) is 6.07 Å². The molecule has 0 radical (unpaired) electrons. The molecule has 0 aliphatic heterocycles. The molecule has 0 amide bonds. The van der Waals surface area contributed by atoms with Gasteiger partial charge in [0.15, 0.2) is 0 Å². The third-order valence-electron chi connectivity index (χ3n) is 2.49. The van der Waals surface area contributed by atoms with Gasteiger partial charge in [-0.2, -0.15) is 0 Å². The summed E-state index contributed by atoms with van der Waals surface area (Å²) in [6.07, 6.45) is 0.537. The van der Waals surface area contributed by atoms with Gasteiger partial charge in [0, 0.05) is 11.4 Å². The topological polar surface area (TPSA) is 46.2 Å². The molecule has 1 aromatic heterocycles. The zero-order valence-corrected chi connectivity index (χ0v) is 14.0. The maximum absolute atomic E-state index is 13.3. The molecule has 0 spiro atoms. The van der Waals surface area contributed by atoms with Gasteiger partial charge in [0.05, 0.1) is 13.7 Å². The highest BCUT2D eigenvalue weighted by molar-refractivity contribution is 9.10. The molecule has 0 atom stereocenters. The number of hydrogen-bond acceptors (Lipinski definition) is 3. The van der Waals surface area contributed by atoms with E-state index in [1.807, 2.05) is 6.07 Å². The third kappa shape index (κ3) is 4.02. The molecule has 0 aliphatic rings. The van der Waals surface area contributed by atoms with Crippen molar-refractivity contribution in [2.45, 2.75) is 11.3 Å². The van der Waals surface area contributed by atoms with Gasteiger partial charge in [0.1, 0.15) is 5.82 Å². The standard InChI is InChI=1S/C12H10BrClFNO2S2/c13-10-3-2-9(7-11(10)15)20(17,18)16-6-5-8-1-4-12(14)19-8/h1-4,7,16H,5-6H2. The fraction of sp³-hybridized carbons (Fsp3) is 0.167. The predicted octanol–water partition coefficient (Wildman–Crippen LogP) is 3.82. The molecule has 0 aliphatic carbocycles. The molecule has 108 valence electrons. The average molecular weight is 399 g/mol. The zero-order chi connectivity index (χ0) is 14.8. The van der Waals surface area contributed by atoms with E-state index in [1.165, 1.54) is 23.5 Å². The van der Waals surface area contributed by atoms with Crippen molar-refractivity contribution in [2.75, 3.05) is 6.54 Å². The third-order valence-corrected chi connectivity index (χ3v) is 5.89. The summed E-state index contributed by atoms with van der Waals surface area (Å²) in [6, 6.07) is 7.30. The molecule has 0 saturated carbocycles. The quantitative estimate of drug-likeness (QED) is 0.832. The minimum absolute atomic E-state index is 0.0950. The molecule has 1 N–H and O–H groups in total. The summed E-state index contributed by atoms with van der Waals surface area (Å²) in [5.74, 6) is -0.613. The normalized spacial score (nSPS) is 11.8. The maximum Gasteiger partial charge on any atom is 0.240 e. The van der Waals surface area contributed by atoms with Gasteiger partial charge in [0.2, 0.25) is 10.0 Å². The van der Waals surface area contributed by atoms with Crippen molar-refractivity contribution in [1.29, 1.82) is 0 Å². The summed E-state index contributed by atoms with van der Waals surface area (Å²) in [5.41, 5.74) is 0. The van der Waals surface area contributed by atoms with Crippen LogP contribution in [-0.2, 0) is 16.4 Å². The number of hydrogen-bond donors (Lipinski definition) is 1. The van der Waals surface area contributed by atoms with Crippen molar-refractivity contribution in [2.24, 2.45) is 0 Å². The first-order valence-corrected chi connectivity index (χ1v) is 9.04. The molecule has 0 fully saturated rings. The highest BCUT2D eigenvalue weighted by Gasteiger charge is 2.15. The lowest BCUT2D eigenvalue weighted by Crippen LogP contribution is -2.25. The molecular weight excluding hydrogens is 389 g/mol. The second kappa shape index (κ2) is 6.53. The van der Waals surface area contributed by atoms with E-state index in [2.05, 4.69) is 20.7 Å². The summed E-state index contributed by atoms with van der Waals surface area (Å²) in [7, 11) is -3.70. The van der Waals surface area contributed by atoms with Gasteiger partial charge in [-0.3, -0.25) is 0 Å². The van der Waals surface area contributed by atoms with E-state index in [-0.39, 0.29) is 15.9 Å². The Labute approximate surface area is 134 Å². The van der Waals surface area contributed by atoms with Crippen LogP contribution in [0.2, 0.25) is 4.34 Å². The van der Waals surface area contributed by atoms with E-state index < -0.39 is 15.8 Å². The first kappa shape index (κ1) is 15.9. The van der Waals surface area contributed by atoms with E-state index in [0.717, 1.165) is 10.9 Å². The molecule has 0 bridgehead atoms. The number of benzene rings is 1. The second-order valence-corrected chi connectivity index (χ2v) is 8.35. The molecule has 2 aromatic rings. The number of thiophene rings is 1. The Kier molecular flexibility index (Phi) is 5.19. The molecule has 1 heterocycles. The van der Waals surface area contributed by atoms with Crippen LogP contribution in [0, 0.1) is 5.82 Å². The smallest absolute Gasteiger partial charge is 0.211 e. The fourth-order valence-corrected chi connectivity index (χ4v) is 3.90. The van der Waals surface area contributed by atoms with E-state index >= 15 is 0 Å². The predicted molar refractivity (Wildman–Crippen MR) is 82.3 cm³/mol. The van der Waals surface area contributed by atoms with Gasteiger partial charge in [-0.15, -0.1) is 11.3 Å². The lowest BCUT2D eigenvalue weighted by Gasteiger charge is -2.06. The van der Waals surface area contributed by atoms with Gasteiger partial charge in [-0.05, 0) is 52.7 Å². The summed E-state index contributed by atoms with van der Waals surface area (Å²) in [6.45, 7) is 0.233. The summed E-state index contributed by atoms with van der Waals surface area (Å²) in [5, 5.41) is 0. The first-order valence-electron chi connectivity index (χ1n) is 5.57. The molecule has 3 nitrogen and oxygen atoms in total. The average Bonchev–Trinajstić information content (AvgIpc) is 2.78. The Balaban J connectivity index is 2.02. The van der Waals surface area contributed by atoms with Crippen molar-refractivity contribution in [3.63, 3.8) is 0 Å². The fourth-order valence-electron chi connectivity index (χ4n) is 1.52. The Bertz CT molecular complexity index is 718. The minimum Gasteiger partial charge on any atom is -0.211 e. The molecule has 8 heteroatoms. The van der Waals surface area contributed by atoms with Crippen molar-refractivity contribution in [3.05, 3.63) is 49.8 Å². The van der Waals surface area contributed by atoms with Crippen LogP contribution in [0.5, 0.6) is 0 Å². The van der Waals surface area contributed by atoms with E-state index in [4.69, 9.17) is 11.6 Å². The van der Waals surface area contributed by atoms with Crippen LogP contribution >= 0.6 is 38.9 Å². The Morgan fingerprint density at radius 1 is 1.30 bits per heavy atom. The van der Waals surface area contributed by atoms with Crippen molar-refractivity contribution < 1.29 is 12.8 Å². The second-order valence-electron chi connectivity index (χ2n) is 3.93. The summed E-state index contributed by atoms with van der Waals surface area (Å²) >= 11 is 10.2. The molecule has 1 aromatic carbocycles. The highest BCUT2D eigenvalue weighted by atomic mass is 79.9. The van der Waals surface area contributed by atoms with Gasteiger partial charge in [-0.1, -0.05) is 11.6 Å². The van der Waals surface area contributed by atoms with Crippen LogP contribution in [0.3, 0.4) is 0 Å². The summed E-state index contributed by atoms with van der Waals surface area (Å²) < 4.78 is 40.6. The van der Waals surface area contributed by atoms with Gasteiger partial charge >= 0.3 is 0 Å². The SMILES string of the molecule is O=S(=O)(NCCc1ccc(Cl)s1)c1ccc(Br)c(F)c1. The Morgan fingerprint density at radius 2 is 2.05 bits per heavy atom. The molecule has 0 saturated heterocycles. The first-order chi connectivity index (χ1) is 9.38. The van der Waals surface area contributed by atoms with E-state index in [0.29, 0.717) is 10.8 Å². The van der Waals surface area contributed by atoms with Crippen molar-refractivity contribution in [1.82, 2.24) is 4.72 Å². The lowest BCUT2D eigenvalue weighted by molar-refractivity contribution is 0.577. The van der Waals surface area contributed by atoms with Gasteiger partial charge in [-0.25, -0.2) is 17.5 Å². The van der Waals surface area contributed by atoms with Crippen LogP contribution in [0.25, 0.3) is 0 Å².